The van der Waals surface area contributed by atoms with E-state index >= 15 is 0 Å². The molecule has 0 radical (unpaired) electrons. The molecule has 3 heterocycles. The van der Waals surface area contributed by atoms with E-state index in [1.54, 1.807) is 41.7 Å². The summed E-state index contributed by atoms with van der Waals surface area (Å²) in [7, 11) is -1.82. The SMILES string of the molecule is COCCOCCOC1C[C@@H]2CC[C@@H](C)[C@@](O)(O2)C(=O)C(=O)N2CCCC[C@H]2C(=O)O[C@H]([C@H](C)C[C@@H]2CC[C@@H](OS(=O)(=O)C(F)(F)F)[C@H](OC)C2)CC(=O)[C@H](C)/C=C(\C)[C@@H](O)[C@@H](OC)C(=O)[C@H](C)C[C@H](C)/C=C/C=C/C=C/1C. The Balaban J connectivity index is 1.71. The maximum Gasteiger partial charge on any atom is 0.523 e. The number of carbonyl (C=O) groups is 5. The van der Waals surface area contributed by atoms with Crippen molar-refractivity contribution in [2.24, 2.45) is 35.5 Å². The molecule has 0 aromatic rings. The number of Topliss-reactive ketones (excluding diaryl/α,β-unsaturated/α-hetero) is 3. The highest BCUT2D eigenvalue weighted by Gasteiger charge is 2.54. The number of piperidine rings is 1. The number of methoxy groups -OCH3 is 3. The smallest absolute Gasteiger partial charge is 0.460 e. The van der Waals surface area contributed by atoms with Gasteiger partial charge in [-0.2, -0.15) is 21.6 Å². The summed E-state index contributed by atoms with van der Waals surface area (Å²) in [6, 6.07) is -1.31. The molecule has 4 rings (SSSR count). The molecule has 444 valence electrons. The molecule has 1 aliphatic carbocycles. The van der Waals surface area contributed by atoms with Crippen LogP contribution in [0.25, 0.3) is 0 Å². The number of halogens is 3. The van der Waals surface area contributed by atoms with Crippen molar-refractivity contribution in [3.05, 3.63) is 47.6 Å². The van der Waals surface area contributed by atoms with Crippen molar-refractivity contribution in [3.63, 3.8) is 0 Å². The van der Waals surface area contributed by atoms with Crippen molar-refractivity contribution in [1.29, 1.82) is 0 Å². The molecule has 2 saturated heterocycles. The molecule has 1 saturated carbocycles. The molecule has 4 aliphatic rings. The van der Waals surface area contributed by atoms with Gasteiger partial charge in [-0.3, -0.25) is 23.4 Å². The standard InChI is InChI=1S/C56H86F3NO17S/c1-34-16-12-11-13-17-35(2)46(74-27-26-73-25-24-70-8)32-42-21-19-40(7)55(67,76-42)52(64)53(65)60-23-15-14-18-43(60)54(66)75-47(33-44(61)36(3)29-39(6)50(63)51(72-10)49(62)38(5)28-34)37(4)30-41-20-22-45(48(31-41)71-9)77-78(68,69)56(57,58)59/h11-13,16-17,29,34,36-38,40-43,45-48,50-51,63,67H,14-15,18-28,30-33H2,1-10H3/b13-11+,16-12+,35-17+,39-29+/t34-,36-,37-,38-,40-,41+,42+,43+,45-,46?,47+,48-,50-,51+,55-/m1/s1. The number of hydrogen-bond donors (Lipinski definition) is 2. The van der Waals surface area contributed by atoms with E-state index in [1.165, 1.54) is 20.3 Å². The zero-order valence-corrected chi connectivity index (χ0v) is 47.9. The normalized spacial score (nSPS) is 36.1. The number of cyclic esters (lactones) is 1. The van der Waals surface area contributed by atoms with Crippen LogP contribution in [0.2, 0.25) is 0 Å². The summed E-state index contributed by atoms with van der Waals surface area (Å²) in [6.45, 7) is 13.3. The Morgan fingerprint density at radius 1 is 0.846 bits per heavy atom. The lowest BCUT2D eigenvalue weighted by Gasteiger charge is -2.43. The van der Waals surface area contributed by atoms with Gasteiger partial charge in [-0.1, -0.05) is 71.1 Å². The van der Waals surface area contributed by atoms with Crippen LogP contribution in [0.3, 0.4) is 0 Å². The number of rotatable bonds is 14. The first-order valence-electron chi connectivity index (χ1n) is 27.3. The minimum Gasteiger partial charge on any atom is -0.460 e. The lowest BCUT2D eigenvalue weighted by atomic mass is 9.78. The third-order valence-corrected chi connectivity index (χ3v) is 16.7. The van der Waals surface area contributed by atoms with E-state index in [-0.39, 0.29) is 87.9 Å². The summed E-state index contributed by atoms with van der Waals surface area (Å²) in [5.41, 5.74) is -4.57. The third-order valence-electron chi connectivity index (χ3n) is 15.7. The number of hydrogen-bond acceptors (Lipinski definition) is 17. The van der Waals surface area contributed by atoms with E-state index in [4.69, 9.17) is 33.2 Å². The maximum atomic E-state index is 14.6. The number of nitrogens with zero attached hydrogens (tertiary/aromatic N) is 1. The molecule has 1 amide bonds. The quantitative estimate of drug-likeness (QED) is 0.0441. The van der Waals surface area contributed by atoms with Gasteiger partial charge in [-0.05, 0) is 107 Å². The third kappa shape index (κ3) is 18.7. The molecule has 0 aromatic heterocycles. The van der Waals surface area contributed by atoms with Crippen LogP contribution in [-0.2, 0) is 71.4 Å². The van der Waals surface area contributed by atoms with Gasteiger partial charge in [0.2, 0.25) is 5.79 Å². The molecule has 22 heteroatoms. The molecule has 2 N–H and O–H groups in total. The van der Waals surface area contributed by atoms with E-state index in [2.05, 4.69) is 4.18 Å². The Morgan fingerprint density at radius 2 is 1.55 bits per heavy atom. The number of aliphatic hydroxyl groups excluding tert-OH is 1. The Bertz CT molecular complexity index is 2240. The first-order chi connectivity index (χ1) is 36.7. The summed E-state index contributed by atoms with van der Waals surface area (Å²) >= 11 is 0. The second-order valence-corrected chi connectivity index (χ2v) is 23.4. The van der Waals surface area contributed by atoms with E-state index in [0.717, 1.165) is 10.5 Å². The lowest BCUT2D eigenvalue weighted by molar-refractivity contribution is -0.266. The number of carbonyl (C=O) groups excluding carboxylic acids is 5. The second kappa shape index (κ2) is 30.9. The van der Waals surface area contributed by atoms with Gasteiger partial charge in [0.25, 0.3) is 11.7 Å². The van der Waals surface area contributed by atoms with Gasteiger partial charge < -0.3 is 48.3 Å². The predicted molar refractivity (Wildman–Crippen MR) is 281 cm³/mol. The first-order valence-corrected chi connectivity index (χ1v) is 28.7. The molecule has 15 atom stereocenters. The monoisotopic (exact) mass is 1130 g/mol. The number of esters is 1. The van der Waals surface area contributed by atoms with Gasteiger partial charge in [0.05, 0.1) is 44.7 Å². The van der Waals surface area contributed by atoms with Gasteiger partial charge in [0, 0.05) is 58.5 Å². The fourth-order valence-electron chi connectivity index (χ4n) is 10.8. The van der Waals surface area contributed by atoms with Crippen LogP contribution in [0, 0.1) is 35.5 Å². The van der Waals surface area contributed by atoms with Crippen molar-refractivity contribution in [2.75, 3.05) is 54.3 Å². The number of fused-ring (bicyclic) bond motifs is 3. The Hall–Kier alpha value is -3.71. The minimum atomic E-state index is -5.93. The molecule has 1 unspecified atom stereocenters. The van der Waals surface area contributed by atoms with Gasteiger partial charge in [-0.15, -0.1) is 0 Å². The zero-order chi connectivity index (χ0) is 58.1. The van der Waals surface area contributed by atoms with Crippen molar-refractivity contribution in [3.8, 4) is 0 Å². The summed E-state index contributed by atoms with van der Waals surface area (Å²) < 4.78 is 109. The summed E-state index contributed by atoms with van der Waals surface area (Å²) in [4.78, 5) is 72.6. The predicted octanol–water partition coefficient (Wildman–Crippen LogP) is 7.09. The molecule has 0 spiro atoms. The summed E-state index contributed by atoms with van der Waals surface area (Å²) in [6.07, 6.45) is 5.56. The molecule has 0 aromatic carbocycles. The Morgan fingerprint density at radius 3 is 2.22 bits per heavy atom. The lowest BCUT2D eigenvalue weighted by Crippen LogP contribution is -2.61. The fraction of sp³-hybridized carbons (Fsp3) is 0.768. The van der Waals surface area contributed by atoms with Gasteiger partial charge >= 0.3 is 21.6 Å². The molecular weight excluding hydrogens is 1050 g/mol. The van der Waals surface area contributed by atoms with Crippen molar-refractivity contribution in [2.45, 2.75) is 186 Å². The van der Waals surface area contributed by atoms with E-state index < -0.39 is 117 Å². The number of ketones is 3. The molecular formula is C56H86F3NO17S. The van der Waals surface area contributed by atoms with E-state index in [1.807, 2.05) is 44.2 Å². The largest absolute Gasteiger partial charge is 0.523 e. The molecule has 3 aliphatic heterocycles. The molecule has 3 fully saturated rings. The average molecular weight is 1130 g/mol. The highest BCUT2D eigenvalue weighted by molar-refractivity contribution is 7.87. The van der Waals surface area contributed by atoms with Crippen molar-refractivity contribution >= 4 is 39.3 Å². The topological polar surface area (TPSA) is 237 Å². The fourth-order valence-corrected chi connectivity index (χ4v) is 11.5. The summed E-state index contributed by atoms with van der Waals surface area (Å²) in [5.74, 6) is -9.91. The number of alkyl halides is 3. The van der Waals surface area contributed by atoms with Crippen LogP contribution in [0.5, 0.6) is 0 Å². The molecule has 2 bridgehead atoms. The second-order valence-electron chi connectivity index (χ2n) is 21.8. The number of allylic oxidation sites excluding steroid dienone is 6. The first kappa shape index (κ1) is 66.8. The highest BCUT2D eigenvalue weighted by Crippen LogP contribution is 2.39. The van der Waals surface area contributed by atoms with E-state index in [9.17, 15) is 55.8 Å². The van der Waals surface area contributed by atoms with Gasteiger partial charge in [0.1, 0.15) is 36.2 Å². The summed E-state index contributed by atoms with van der Waals surface area (Å²) in [5, 5.41) is 23.7. The highest BCUT2D eigenvalue weighted by atomic mass is 32.2. The van der Waals surface area contributed by atoms with Gasteiger partial charge in [0.15, 0.2) is 5.78 Å². The minimum absolute atomic E-state index is 0.0354. The van der Waals surface area contributed by atoms with E-state index in [0.29, 0.717) is 45.3 Å². The number of aliphatic hydroxyl groups is 2. The van der Waals surface area contributed by atoms with Gasteiger partial charge in [-0.25, -0.2) is 4.79 Å². The zero-order valence-electron chi connectivity index (χ0n) is 47.1. The average Bonchev–Trinajstić information content (AvgIpc) is 3.39. The van der Waals surface area contributed by atoms with Crippen LogP contribution in [0.1, 0.15) is 126 Å². The number of amides is 1. The molecule has 18 nitrogen and oxygen atoms in total. The van der Waals surface area contributed by atoms with Crippen molar-refractivity contribution in [1.82, 2.24) is 4.90 Å². The van der Waals surface area contributed by atoms with Crippen LogP contribution in [-0.4, -0.2) is 167 Å². The maximum absolute atomic E-state index is 14.6. The Labute approximate surface area is 458 Å². The van der Waals surface area contributed by atoms with Crippen LogP contribution < -0.4 is 0 Å². The van der Waals surface area contributed by atoms with Crippen LogP contribution in [0.4, 0.5) is 13.2 Å². The Kier molecular flexibility index (Phi) is 26.5. The van der Waals surface area contributed by atoms with Crippen LogP contribution >= 0.6 is 0 Å². The molecule has 78 heavy (non-hydrogen) atoms. The van der Waals surface area contributed by atoms with Crippen molar-refractivity contribution < 1.29 is 93.1 Å². The van der Waals surface area contributed by atoms with Crippen LogP contribution in [0.15, 0.2) is 47.6 Å². The number of ether oxygens (including phenoxy) is 7.